The van der Waals surface area contributed by atoms with Crippen molar-refractivity contribution >= 4 is 19.7 Å². The summed E-state index contributed by atoms with van der Waals surface area (Å²) < 4.78 is 30.2. The van der Waals surface area contributed by atoms with Crippen molar-refractivity contribution in [3.05, 3.63) is 134 Å². The lowest BCUT2D eigenvalue weighted by atomic mass is 10.1. The van der Waals surface area contributed by atoms with Crippen LogP contribution < -0.4 is 10.2 Å². The quantitative estimate of drug-likeness (QED) is 0.0212. The van der Waals surface area contributed by atoms with Crippen LogP contribution in [0.4, 0.5) is 0 Å². The van der Waals surface area contributed by atoms with Crippen molar-refractivity contribution in [2.75, 3.05) is 40.9 Å². The molecule has 0 aliphatic rings. The van der Waals surface area contributed by atoms with E-state index in [4.69, 9.17) is 13.8 Å². The summed E-state index contributed by atoms with van der Waals surface area (Å²) in [5, 5.41) is 3.00. The Morgan fingerprint density at radius 1 is 0.468 bits per heavy atom. The molecule has 0 aromatic rings. The molecule has 0 spiro atoms. The summed E-state index contributed by atoms with van der Waals surface area (Å²) in [6.45, 7) is 6.54. The number of nitrogens with one attached hydrogen (secondary N) is 1. The van der Waals surface area contributed by atoms with E-state index in [1.54, 1.807) is 6.08 Å². The van der Waals surface area contributed by atoms with E-state index in [9.17, 15) is 19.0 Å². The van der Waals surface area contributed by atoms with Crippen LogP contribution in [0.3, 0.4) is 0 Å². The van der Waals surface area contributed by atoms with E-state index in [1.807, 2.05) is 27.2 Å². The second-order valence-electron chi connectivity index (χ2n) is 21.1. The number of rotatable bonds is 53. The van der Waals surface area contributed by atoms with E-state index in [0.29, 0.717) is 23.9 Å². The summed E-state index contributed by atoms with van der Waals surface area (Å²) in [4.78, 5) is 39.9. The van der Waals surface area contributed by atoms with Crippen molar-refractivity contribution in [1.82, 2.24) is 5.32 Å². The van der Waals surface area contributed by atoms with Crippen molar-refractivity contribution in [3.8, 4) is 0 Å². The minimum atomic E-state index is -4.72. The molecule has 0 bridgehead atoms. The number of esters is 1. The molecule has 1 N–H and O–H groups in total. The largest absolute Gasteiger partial charge is 0.756 e. The van der Waals surface area contributed by atoms with Crippen molar-refractivity contribution in [2.45, 2.75) is 238 Å². The van der Waals surface area contributed by atoms with Crippen LogP contribution in [-0.2, 0) is 27.9 Å². The van der Waals surface area contributed by atoms with E-state index >= 15 is 0 Å². The minimum Gasteiger partial charge on any atom is -0.756 e. The maximum atomic E-state index is 13.5. The highest BCUT2D eigenvalue weighted by atomic mass is 31.2. The summed E-state index contributed by atoms with van der Waals surface area (Å²) in [6.07, 6.45) is 78.6. The molecule has 10 heteroatoms. The van der Waals surface area contributed by atoms with Crippen molar-refractivity contribution in [1.29, 1.82) is 0 Å². The number of unbranched alkanes of at least 4 members (excludes halogenated alkanes) is 17. The number of likely N-dealkylation sites (N-methyl/N-ethyl adjacent to an activating group) is 1. The van der Waals surface area contributed by atoms with Gasteiger partial charge in [-0.05, 0) is 115 Å². The molecule has 0 radical (unpaired) electrons. The van der Waals surface area contributed by atoms with Crippen molar-refractivity contribution < 1.29 is 37.3 Å². The first-order valence-corrected chi connectivity index (χ1v) is 32.0. The second-order valence-corrected chi connectivity index (χ2v) is 22.5. The number of ether oxygens (including phenoxy) is 1. The zero-order valence-corrected chi connectivity index (χ0v) is 50.8. The van der Waals surface area contributed by atoms with Gasteiger partial charge < -0.3 is 28.5 Å². The van der Waals surface area contributed by atoms with E-state index in [1.165, 1.54) is 64.2 Å². The average Bonchev–Trinajstić information content (AvgIpc) is 3.39. The normalized spacial score (nSPS) is 14.6. The Hall–Kier alpha value is -3.85. The van der Waals surface area contributed by atoms with E-state index in [0.717, 1.165) is 116 Å². The van der Waals surface area contributed by atoms with Gasteiger partial charge in [-0.1, -0.05) is 232 Å². The minimum absolute atomic E-state index is 0.0411. The fraction of sp³-hybridized carbons (Fsp3) is 0.642. The Morgan fingerprint density at radius 3 is 1.27 bits per heavy atom. The van der Waals surface area contributed by atoms with Crippen LogP contribution in [0, 0.1) is 0 Å². The molecule has 0 saturated carbocycles. The number of quaternary nitrogens is 1. The van der Waals surface area contributed by atoms with Crippen molar-refractivity contribution in [3.63, 3.8) is 0 Å². The van der Waals surface area contributed by atoms with Gasteiger partial charge in [-0.25, -0.2) is 0 Å². The van der Waals surface area contributed by atoms with Crippen molar-refractivity contribution in [2.24, 2.45) is 0 Å². The van der Waals surface area contributed by atoms with Crippen LogP contribution in [0.1, 0.15) is 226 Å². The Labute approximate surface area is 473 Å². The molecule has 0 rings (SSSR count). The second kappa shape index (κ2) is 55.5. The van der Waals surface area contributed by atoms with E-state index < -0.39 is 32.5 Å². The van der Waals surface area contributed by atoms with Crippen LogP contribution in [-0.4, -0.2) is 69.4 Å². The molecule has 77 heavy (non-hydrogen) atoms. The van der Waals surface area contributed by atoms with E-state index in [-0.39, 0.29) is 25.4 Å². The molecule has 0 saturated heterocycles. The third-order valence-corrected chi connectivity index (χ3v) is 13.5. The summed E-state index contributed by atoms with van der Waals surface area (Å²) in [5.41, 5.74) is 0. The maximum absolute atomic E-state index is 13.5. The van der Waals surface area contributed by atoms with Crippen LogP contribution >= 0.6 is 7.82 Å². The van der Waals surface area contributed by atoms with Crippen LogP contribution in [0.2, 0.25) is 0 Å². The Morgan fingerprint density at radius 2 is 0.844 bits per heavy atom. The van der Waals surface area contributed by atoms with Gasteiger partial charge >= 0.3 is 5.97 Å². The Balaban J connectivity index is 5.32. The van der Waals surface area contributed by atoms with Gasteiger partial charge in [0.25, 0.3) is 7.82 Å². The molecule has 1 amide bonds. The van der Waals surface area contributed by atoms with Crippen LogP contribution in [0.25, 0.3) is 0 Å². The molecule has 0 aliphatic heterocycles. The van der Waals surface area contributed by atoms with Gasteiger partial charge in [0, 0.05) is 12.8 Å². The number of amides is 1. The highest BCUT2D eigenvalue weighted by Crippen LogP contribution is 2.38. The number of carbonyl (C=O) groups is 2. The molecule has 9 nitrogen and oxygen atoms in total. The first kappa shape index (κ1) is 73.2. The highest BCUT2D eigenvalue weighted by Gasteiger charge is 2.27. The number of nitrogens with zero attached hydrogens (tertiary/aromatic N) is 1. The lowest BCUT2D eigenvalue weighted by Crippen LogP contribution is -2.47. The summed E-state index contributed by atoms with van der Waals surface area (Å²) in [7, 11) is 1.12. The van der Waals surface area contributed by atoms with E-state index in [2.05, 4.69) is 148 Å². The smallest absolute Gasteiger partial charge is 0.306 e. The molecule has 438 valence electrons. The number of phosphoric ester groups is 1. The Kier molecular flexibility index (Phi) is 52.7. The first-order valence-electron chi connectivity index (χ1n) is 30.5. The summed E-state index contributed by atoms with van der Waals surface area (Å²) in [6, 6.07) is -0.927. The summed E-state index contributed by atoms with van der Waals surface area (Å²) in [5.74, 6) is -0.634. The highest BCUT2D eigenvalue weighted by molar-refractivity contribution is 7.45. The molecule has 3 atom stereocenters. The zero-order valence-electron chi connectivity index (χ0n) is 49.9. The number of phosphoric acid groups is 1. The number of carbonyl (C=O) groups excluding carboxylic acids is 2. The van der Waals surface area contributed by atoms with Gasteiger partial charge in [-0.3, -0.25) is 14.2 Å². The molecule has 0 heterocycles. The van der Waals surface area contributed by atoms with Gasteiger partial charge in [0.05, 0.1) is 33.8 Å². The fourth-order valence-electron chi connectivity index (χ4n) is 7.94. The van der Waals surface area contributed by atoms with Crippen LogP contribution in [0.5, 0.6) is 0 Å². The molecule has 0 aromatic heterocycles. The lowest BCUT2D eigenvalue weighted by Gasteiger charge is -2.30. The standard InChI is InChI=1S/C67H113N2O7P/c1-7-10-13-16-19-22-25-27-29-31-32-33-34-35-36-38-39-41-44-47-50-53-56-59-66(70)68-64(63-75-77(72,73)74-62-61-69(4,5)6)65(58-55-52-49-46-43-24-21-18-15-12-9-3)76-67(71)60-57-54-51-48-45-42-40-37-30-28-26-23-20-17-14-11-8-2/h10-11,13-14,19-20,22-23,27-30,32-33,35-36,40,42,48,51,55,58,64-65H,7-9,12,15-18,21,24-26,31,34,37-39,41,43-47,49-50,52-54,56-57,59-63H2,1-6H3,(H-,68,70,72,73)/b13-10-,14-11-,22-19-,23-20-,29-27-,30-28-,33-32-,36-35-,42-40-,51-48-,58-55-. The maximum Gasteiger partial charge on any atom is 0.306 e. The molecule has 0 fully saturated rings. The average molecular weight is 1090 g/mol. The monoisotopic (exact) mass is 1090 g/mol. The fourth-order valence-corrected chi connectivity index (χ4v) is 8.66. The third-order valence-electron chi connectivity index (χ3n) is 12.6. The first-order chi connectivity index (χ1) is 37.4. The predicted octanol–water partition coefficient (Wildman–Crippen LogP) is 18.3. The molecule has 3 unspecified atom stereocenters. The SMILES string of the molecule is CC/C=C\C/C=C\C/C=C\C/C=C\C/C=C\CCCCCCCCCC(=O)NC(COP(=O)([O-])OCC[N+](C)(C)C)C(/C=C\CCCCCCCCCCC)OC(=O)CCC/C=C\C/C=C\C/C=C\C/C=C\C/C=C\CC. The van der Waals surface area contributed by atoms with Gasteiger partial charge in [-0.15, -0.1) is 0 Å². The molecular weight excluding hydrogens is 976 g/mol. The van der Waals surface area contributed by atoms with Gasteiger partial charge in [0.1, 0.15) is 19.3 Å². The zero-order chi connectivity index (χ0) is 56.4. The number of hydrogen-bond acceptors (Lipinski definition) is 7. The Bertz CT molecular complexity index is 1780. The van der Waals surface area contributed by atoms with Gasteiger partial charge in [0.2, 0.25) is 5.91 Å². The van der Waals surface area contributed by atoms with Gasteiger partial charge in [0.15, 0.2) is 0 Å². The number of hydrogen-bond donors (Lipinski definition) is 1. The molecule has 0 aliphatic carbocycles. The molecular formula is C67H113N2O7P. The number of allylic oxidation sites excluding steroid dienone is 21. The topological polar surface area (TPSA) is 114 Å². The summed E-state index contributed by atoms with van der Waals surface area (Å²) >= 11 is 0. The molecule has 0 aromatic carbocycles. The van der Waals surface area contributed by atoms with Crippen LogP contribution in [0.15, 0.2) is 134 Å². The lowest BCUT2D eigenvalue weighted by molar-refractivity contribution is -0.870. The van der Waals surface area contributed by atoms with Gasteiger partial charge in [-0.2, -0.15) is 0 Å². The third kappa shape index (κ3) is 56.7. The predicted molar refractivity (Wildman–Crippen MR) is 330 cm³/mol.